The maximum Gasteiger partial charge on any atom is 0.229 e. The zero-order valence-electron chi connectivity index (χ0n) is 13.0. The summed E-state index contributed by atoms with van der Waals surface area (Å²) in [5, 5.41) is 4.06. The van der Waals surface area contributed by atoms with Crippen LogP contribution in [0, 0.1) is 11.8 Å². The molecule has 118 valence electrons. The molecule has 2 fully saturated rings. The van der Waals surface area contributed by atoms with Gasteiger partial charge in [0.1, 0.15) is 0 Å². The molecule has 21 heavy (non-hydrogen) atoms. The summed E-state index contributed by atoms with van der Waals surface area (Å²) >= 11 is 0. The minimum absolute atomic E-state index is 0.284. The topological polar surface area (TPSA) is 74.2 Å². The summed E-state index contributed by atoms with van der Waals surface area (Å²) < 4.78 is 10.8. The van der Waals surface area contributed by atoms with E-state index in [0.717, 1.165) is 17.7 Å². The van der Waals surface area contributed by atoms with Gasteiger partial charge in [0, 0.05) is 12.5 Å². The predicted octanol–water partition coefficient (Wildman–Crippen LogP) is 3.18. The van der Waals surface area contributed by atoms with Crippen LogP contribution in [0.4, 0.5) is 0 Å². The lowest BCUT2D eigenvalue weighted by molar-refractivity contribution is 0.130. The van der Waals surface area contributed by atoms with Gasteiger partial charge in [-0.2, -0.15) is 4.98 Å². The molecule has 0 amide bonds. The van der Waals surface area contributed by atoms with Gasteiger partial charge in [0.25, 0.3) is 0 Å². The van der Waals surface area contributed by atoms with Crippen LogP contribution < -0.4 is 5.73 Å². The third-order valence-electron chi connectivity index (χ3n) is 5.18. The molecular formula is C16H27N3O2. The van der Waals surface area contributed by atoms with Crippen LogP contribution in [-0.2, 0) is 4.74 Å². The first-order valence-corrected chi connectivity index (χ1v) is 8.44. The molecule has 5 nitrogen and oxygen atoms in total. The molecular weight excluding hydrogens is 266 g/mol. The van der Waals surface area contributed by atoms with E-state index in [1.165, 1.54) is 44.9 Å². The van der Waals surface area contributed by atoms with E-state index >= 15 is 0 Å². The van der Waals surface area contributed by atoms with Crippen LogP contribution in [0.25, 0.3) is 0 Å². The summed E-state index contributed by atoms with van der Waals surface area (Å²) in [6.45, 7) is 3.06. The number of aromatic nitrogens is 2. The van der Waals surface area contributed by atoms with Crippen molar-refractivity contribution < 1.29 is 9.26 Å². The Morgan fingerprint density at radius 3 is 2.86 bits per heavy atom. The summed E-state index contributed by atoms with van der Waals surface area (Å²) in [6.07, 6.45) is 9.33. The molecule has 1 aromatic rings. The van der Waals surface area contributed by atoms with Crippen LogP contribution in [0.15, 0.2) is 4.52 Å². The van der Waals surface area contributed by atoms with E-state index < -0.39 is 0 Å². The van der Waals surface area contributed by atoms with Gasteiger partial charge in [-0.1, -0.05) is 30.8 Å². The Labute approximate surface area is 126 Å². The number of fused-ring (bicyclic) bond motifs is 1. The molecule has 4 atom stereocenters. The summed E-state index contributed by atoms with van der Waals surface area (Å²) in [7, 11) is 0. The molecule has 2 aliphatic carbocycles. The van der Waals surface area contributed by atoms with E-state index in [0.29, 0.717) is 25.0 Å². The fourth-order valence-corrected chi connectivity index (χ4v) is 3.98. The SMILES string of the molecule is CCOCC(N)c1noc(C2CCC3CCCCC3C2)n1. The fraction of sp³-hybridized carbons (Fsp3) is 0.875. The minimum Gasteiger partial charge on any atom is -0.380 e. The average Bonchev–Trinajstić information content (AvgIpc) is 3.02. The van der Waals surface area contributed by atoms with Crippen molar-refractivity contribution in [3.8, 4) is 0 Å². The highest BCUT2D eigenvalue weighted by Gasteiger charge is 2.35. The van der Waals surface area contributed by atoms with E-state index in [1.807, 2.05) is 6.92 Å². The third-order valence-corrected chi connectivity index (χ3v) is 5.18. The highest BCUT2D eigenvalue weighted by Crippen LogP contribution is 2.45. The van der Waals surface area contributed by atoms with Crippen molar-refractivity contribution in [2.75, 3.05) is 13.2 Å². The van der Waals surface area contributed by atoms with Crippen LogP contribution in [0.5, 0.6) is 0 Å². The van der Waals surface area contributed by atoms with Gasteiger partial charge in [0.15, 0.2) is 5.82 Å². The van der Waals surface area contributed by atoms with Crippen molar-refractivity contribution in [1.82, 2.24) is 10.1 Å². The lowest BCUT2D eigenvalue weighted by atomic mass is 9.67. The van der Waals surface area contributed by atoms with Crippen molar-refractivity contribution >= 4 is 0 Å². The molecule has 2 N–H and O–H groups in total. The molecule has 0 saturated heterocycles. The van der Waals surface area contributed by atoms with Gasteiger partial charge in [-0.15, -0.1) is 0 Å². The van der Waals surface area contributed by atoms with Crippen molar-refractivity contribution in [1.29, 1.82) is 0 Å². The first kappa shape index (κ1) is 15.0. The second kappa shape index (κ2) is 6.88. The molecule has 3 rings (SSSR count). The maximum atomic E-state index is 6.02. The van der Waals surface area contributed by atoms with Crippen molar-refractivity contribution in [2.24, 2.45) is 17.6 Å². The summed E-state index contributed by atoms with van der Waals surface area (Å²) in [4.78, 5) is 4.54. The van der Waals surface area contributed by atoms with Crippen LogP contribution in [0.2, 0.25) is 0 Å². The van der Waals surface area contributed by atoms with E-state index in [1.54, 1.807) is 0 Å². The summed E-state index contributed by atoms with van der Waals surface area (Å²) in [6, 6.07) is -0.284. The second-order valence-electron chi connectivity index (χ2n) is 6.57. The van der Waals surface area contributed by atoms with Crippen LogP contribution in [0.1, 0.15) is 75.5 Å². The molecule has 1 aromatic heterocycles. The number of hydrogen-bond acceptors (Lipinski definition) is 5. The van der Waals surface area contributed by atoms with Gasteiger partial charge < -0.3 is 15.0 Å². The van der Waals surface area contributed by atoms with E-state index in [4.69, 9.17) is 15.0 Å². The van der Waals surface area contributed by atoms with Crippen LogP contribution in [0.3, 0.4) is 0 Å². The zero-order chi connectivity index (χ0) is 14.7. The lowest BCUT2D eigenvalue weighted by Crippen LogP contribution is -2.27. The second-order valence-corrected chi connectivity index (χ2v) is 6.57. The number of nitrogens with zero attached hydrogens (tertiary/aromatic N) is 2. The maximum absolute atomic E-state index is 6.02. The van der Waals surface area contributed by atoms with Gasteiger partial charge in [-0.3, -0.25) is 0 Å². The average molecular weight is 293 g/mol. The Bertz CT molecular complexity index is 448. The lowest BCUT2D eigenvalue weighted by Gasteiger charge is -2.38. The van der Waals surface area contributed by atoms with Gasteiger partial charge in [-0.05, 0) is 38.0 Å². The molecule has 0 bridgehead atoms. The van der Waals surface area contributed by atoms with Crippen molar-refractivity contribution in [3.63, 3.8) is 0 Å². The van der Waals surface area contributed by atoms with Crippen LogP contribution in [-0.4, -0.2) is 23.4 Å². The van der Waals surface area contributed by atoms with E-state index in [-0.39, 0.29) is 6.04 Å². The molecule has 2 saturated carbocycles. The Kier molecular flexibility index (Phi) is 4.91. The Morgan fingerprint density at radius 1 is 1.24 bits per heavy atom. The Morgan fingerprint density at radius 2 is 2.05 bits per heavy atom. The number of rotatable bonds is 5. The predicted molar refractivity (Wildman–Crippen MR) is 79.8 cm³/mol. The van der Waals surface area contributed by atoms with Gasteiger partial charge in [0.2, 0.25) is 5.89 Å². The van der Waals surface area contributed by atoms with E-state index in [9.17, 15) is 0 Å². The Balaban J connectivity index is 1.60. The highest BCUT2D eigenvalue weighted by atomic mass is 16.5. The van der Waals surface area contributed by atoms with Gasteiger partial charge in [0.05, 0.1) is 12.6 Å². The molecule has 1 heterocycles. The number of ether oxygens (including phenoxy) is 1. The number of hydrogen-bond donors (Lipinski definition) is 1. The molecule has 4 unspecified atom stereocenters. The largest absolute Gasteiger partial charge is 0.380 e. The normalized spacial score (nSPS) is 30.9. The monoisotopic (exact) mass is 293 g/mol. The zero-order valence-corrected chi connectivity index (χ0v) is 13.0. The molecule has 0 radical (unpaired) electrons. The fourth-order valence-electron chi connectivity index (χ4n) is 3.98. The first-order chi connectivity index (χ1) is 10.3. The molecule has 5 heteroatoms. The minimum atomic E-state index is -0.284. The van der Waals surface area contributed by atoms with Gasteiger partial charge in [-0.25, -0.2) is 0 Å². The highest BCUT2D eigenvalue weighted by molar-refractivity contribution is 5.01. The number of nitrogens with two attached hydrogens (primary N) is 1. The summed E-state index contributed by atoms with van der Waals surface area (Å²) in [5.74, 6) is 3.62. The molecule has 0 aromatic carbocycles. The van der Waals surface area contributed by atoms with Gasteiger partial charge >= 0.3 is 0 Å². The molecule has 0 spiro atoms. The van der Waals surface area contributed by atoms with Crippen molar-refractivity contribution in [2.45, 2.75) is 63.8 Å². The first-order valence-electron chi connectivity index (χ1n) is 8.44. The van der Waals surface area contributed by atoms with Crippen molar-refractivity contribution in [3.05, 3.63) is 11.7 Å². The smallest absolute Gasteiger partial charge is 0.229 e. The van der Waals surface area contributed by atoms with E-state index in [2.05, 4.69) is 10.1 Å². The molecule has 2 aliphatic rings. The summed E-state index contributed by atoms with van der Waals surface area (Å²) in [5.41, 5.74) is 6.02. The standard InChI is InChI=1S/C16H27N3O2/c1-2-20-10-14(17)15-18-16(21-19-15)13-8-7-11-5-3-4-6-12(11)9-13/h11-14H,2-10,17H2,1H3. The van der Waals surface area contributed by atoms with Crippen LogP contribution >= 0.6 is 0 Å². The Hall–Kier alpha value is -0.940. The molecule has 0 aliphatic heterocycles. The third kappa shape index (κ3) is 3.46. The quantitative estimate of drug-likeness (QED) is 0.902.